The average Bonchev–Trinajstić information content (AvgIpc) is 2.39. The summed E-state index contributed by atoms with van der Waals surface area (Å²) in [6.45, 7) is -0.104. The van der Waals surface area contributed by atoms with Crippen LogP contribution in [0.5, 0.6) is 5.75 Å². The SMILES string of the molecule is COc1ccc(Cl)cc1CC(=O)NCC(OC)C(=O)O. The lowest BCUT2D eigenvalue weighted by molar-refractivity contribution is -0.148. The monoisotopic (exact) mass is 301 g/mol. The van der Waals surface area contributed by atoms with Crippen molar-refractivity contribution in [3.63, 3.8) is 0 Å². The molecule has 0 bridgehead atoms. The van der Waals surface area contributed by atoms with E-state index in [1.165, 1.54) is 14.2 Å². The standard InChI is InChI=1S/C13H16ClNO5/c1-19-10-4-3-9(14)5-8(10)6-12(16)15-7-11(20-2)13(17)18/h3-5,11H,6-7H2,1-2H3,(H,15,16)(H,17,18). The van der Waals surface area contributed by atoms with E-state index in [1.54, 1.807) is 18.2 Å². The van der Waals surface area contributed by atoms with Gasteiger partial charge in [0.2, 0.25) is 5.91 Å². The molecule has 0 heterocycles. The Bertz CT molecular complexity index is 492. The molecular weight excluding hydrogens is 286 g/mol. The molecular formula is C13H16ClNO5. The Morgan fingerprint density at radius 2 is 2.10 bits per heavy atom. The fourth-order valence-electron chi connectivity index (χ4n) is 1.60. The van der Waals surface area contributed by atoms with Crippen molar-refractivity contribution < 1.29 is 24.2 Å². The van der Waals surface area contributed by atoms with Crippen LogP contribution < -0.4 is 10.1 Å². The number of methoxy groups -OCH3 is 2. The fraction of sp³-hybridized carbons (Fsp3) is 0.385. The molecule has 0 aliphatic carbocycles. The Kier molecular flexibility index (Phi) is 6.27. The number of rotatable bonds is 7. The third-order valence-corrected chi connectivity index (χ3v) is 2.87. The van der Waals surface area contributed by atoms with Crippen LogP contribution in [0.3, 0.4) is 0 Å². The highest BCUT2D eigenvalue weighted by Gasteiger charge is 2.17. The Morgan fingerprint density at radius 1 is 1.40 bits per heavy atom. The van der Waals surface area contributed by atoms with Crippen molar-refractivity contribution in [2.24, 2.45) is 0 Å². The van der Waals surface area contributed by atoms with E-state index in [4.69, 9.17) is 26.2 Å². The number of hydrogen-bond acceptors (Lipinski definition) is 4. The van der Waals surface area contributed by atoms with Crippen LogP contribution in [0, 0.1) is 0 Å². The van der Waals surface area contributed by atoms with E-state index >= 15 is 0 Å². The molecule has 1 atom stereocenters. The van der Waals surface area contributed by atoms with Crippen LogP contribution in [0.4, 0.5) is 0 Å². The quantitative estimate of drug-likeness (QED) is 0.788. The van der Waals surface area contributed by atoms with Gasteiger partial charge in [0.25, 0.3) is 0 Å². The molecule has 110 valence electrons. The molecule has 1 unspecified atom stereocenters. The number of ether oxygens (including phenoxy) is 2. The van der Waals surface area contributed by atoms with Gasteiger partial charge in [0, 0.05) is 17.7 Å². The molecule has 0 spiro atoms. The predicted octanol–water partition coefficient (Wildman–Crippen LogP) is 1.11. The third kappa shape index (κ3) is 4.71. The number of carboxylic acid groups (broad SMARTS) is 1. The fourth-order valence-corrected chi connectivity index (χ4v) is 1.79. The maximum atomic E-state index is 11.8. The van der Waals surface area contributed by atoms with Gasteiger partial charge < -0.3 is 19.9 Å². The van der Waals surface area contributed by atoms with E-state index in [1.807, 2.05) is 0 Å². The third-order valence-electron chi connectivity index (χ3n) is 2.64. The summed E-state index contributed by atoms with van der Waals surface area (Å²) in [5.74, 6) is -0.923. The number of benzene rings is 1. The second kappa shape index (κ2) is 7.72. The average molecular weight is 302 g/mol. The largest absolute Gasteiger partial charge is 0.496 e. The predicted molar refractivity (Wildman–Crippen MR) is 73.2 cm³/mol. The minimum Gasteiger partial charge on any atom is -0.496 e. The molecule has 1 amide bonds. The van der Waals surface area contributed by atoms with Gasteiger partial charge in [-0.2, -0.15) is 0 Å². The number of aliphatic carboxylic acids is 1. The van der Waals surface area contributed by atoms with Gasteiger partial charge >= 0.3 is 5.97 Å². The molecule has 7 heteroatoms. The maximum absolute atomic E-state index is 11.8. The molecule has 0 saturated heterocycles. The summed E-state index contributed by atoms with van der Waals surface area (Å²) >= 11 is 5.86. The summed E-state index contributed by atoms with van der Waals surface area (Å²) in [4.78, 5) is 22.5. The molecule has 0 aliphatic rings. The van der Waals surface area contributed by atoms with E-state index in [-0.39, 0.29) is 18.9 Å². The van der Waals surface area contributed by atoms with Crippen molar-refractivity contribution in [2.75, 3.05) is 20.8 Å². The topological polar surface area (TPSA) is 84.9 Å². The van der Waals surface area contributed by atoms with E-state index in [0.717, 1.165) is 0 Å². The lowest BCUT2D eigenvalue weighted by Crippen LogP contribution is -2.38. The van der Waals surface area contributed by atoms with Gasteiger partial charge in [0.05, 0.1) is 20.1 Å². The van der Waals surface area contributed by atoms with Crippen molar-refractivity contribution in [3.8, 4) is 5.75 Å². The maximum Gasteiger partial charge on any atom is 0.334 e. The molecule has 1 aromatic carbocycles. The first kappa shape index (κ1) is 16.3. The number of carboxylic acids is 1. The van der Waals surface area contributed by atoms with E-state index in [0.29, 0.717) is 16.3 Å². The first-order chi connectivity index (χ1) is 9.47. The van der Waals surface area contributed by atoms with Crippen LogP contribution >= 0.6 is 11.6 Å². The summed E-state index contributed by atoms with van der Waals surface area (Å²) < 4.78 is 9.85. The second-order valence-corrected chi connectivity index (χ2v) is 4.44. The van der Waals surface area contributed by atoms with Gasteiger partial charge in [-0.15, -0.1) is 0 Å². The summed E-state index contributed by atoms with van der Waals surface area (Å²) in [5, 5.41) is 11.8. The van der Waals surface area contributed by atoms with Crippen LogP contribution in [0.25, 0.3) is 0 Å². The molecule has 2 N–H and O–H groups in total. The molecule has 0 saturated carbocycles. The first-order valence-corrected chi connectivity index (χ1v) is 6.20. The Hall–Kier alpha value is -1.79. The van der Waals surface area contributed by atoms with E-state index in [9.17, 15) is 9.59 Å². The van der Waals surface area contributed by atoms with Gasteiger partial charge in [-0.1, -0.05) is 11.6 Å². The molecule has 20 heavy (non-hydrogen) atoms. The number of halogens is 1. The second-order valence-electron chi connectivity index (χ2n) is 4.00. The van der Waals surface area contributed by atoms with Crippen LogP contribution in [-0.2, 0) is 20.7 Å². The van der Waals surface area contributed by atoms with Crippen LogP contribution in [0.2, 0.25) is 5.02 Å². The zero-order chi connectivity index (χ0) is 15.1. The highest BCUT2D eigenvalue weighted by molar-refractivity contribution is 6.30. The Labute approximate surface area is 121 Å². The van der Waals surface area contributed by atoms with Crippen molar-refractivity contribution >= 4 is 23.5 Å². The molecule has 1 aromatic rings. The number of carbonyl (C=O) groups is 2. The molecule has 1 rings (SSSR count). The van der Waals surface area contributed by atoms with Crippen LogP contribution in [-0.4, -0.2) is 43.9 Å². The first-order valence-electron chi connectivity index (χ1n) is 5.82. The summed E-state index contributed by atoms with van der Waals surface area (Å²) in [7, 11) is 2.76. The van der Waals surface area contributed by atoms with Gasteiger partial charge in [-0.3, -0.25) is 4.79 Å². The summed E-state index contributed by atoms with van der Waals surface area (Å²) in [6.07, 6.45) is -1.03. The molecule has 6 nitrogen and oxygen atoms in total. The molecule has 0 aliphatic heterocycles. The van der Waals surface area contributed by atoms with Gasteiger partial charge in [-0.25, -0.2) is 4.79 Å². The molecule has 0 aromatic heterocycles. The minimum atomic E-state index is -1.13. The van der Waals surface area contributed by atoms with Crippen LogP contribution in [0.1, 0.15) is 5.56 Å². The number of amides is 1. The van der Waals surface area contributed by atoms with Crippen molar-refractivity contribution in [2.45, 2.75) is 12.5 Å². The smallest absolute Gasteiger partial charge is 0.334 e. The van der Waals surface area contributed by atoms with E-state index in [2.05, 4.69) is 5.32 Å². The van der Waals surface area contributed by atoms with Crippen molar-refractivity contribution in [1.82, 2.24) is 5.32 Å². The number of carbonyl (C=O) groups excluding carboxylic acids is 1. The normalized spacial score (nSPS) is 11.8. The minimum absolute atomic E-state index is 0.0415. The van der Waals surface area contributed by atoms with Gasteiger partial charge in [0.15, 0.2) is 6.10 Å². The molecule has 0 fully saturated rings. The lowest BCUT2D eigenvalue weighted by Gasteiger charge is -2.12. The zero-order valence-electron chi connectivity index (χ0n) is 11.2. The van der Waals surface area contributed by atoms with Crippen molar-refractivity contribution in [3.05, 3.63) is 28.8 Å². The Balaban J connectivity index is 2.62. The highest BCUT2D eigenvalue weighted by atomic mass is 35.5. The Morgan fingerprint density at radius 3 is 2.65 bits per heavy atom. The van der Waals surface area contributed by atoms with Gasteiger partial charge in [-0.05, 0) is 18.2 Å². The van der Waals surface area contributed by atoms with Crippen LogP contribution in [0.15, 0.2) is 18.2 Å². The van der Waals surface area contributed by atoms with Gasteiger partial charge in [0.1, 0.15) is 5.75 Å². The summed E-state index contributed by atoms with van der Waals surface area (Å²) in [5.41, 5.74) is 0.627. The van der Waals surface area contributed by atoms with E-state index < -0.39 is 12.1 Å². The highest BCUT2D eigenvalue weighted by Crippen LogP contribution is 2.22. The van der Waals surface area contributed by atoms with Crippen molar-refractivity contribution in [1.29, 1.82) is 0 Å². The number of nitrogens with one attached hydrogen (secondary N) is 1. The summed E-state index contributed by atoms with van der Waals surface area (Å²) in [6, 6.07) is 4.96. The number of hydrogen-bond donors (Lipinski definition) is 2. The zero-order valence-corrected chi connectivity index (χ0v) is 11.9. The lowest BCUT2D eigenvalue weighted by atomic mass is 10.1. The molecule has 0 radical (unpaired) electrons.